The highest BCUT2D eigenvalue weighted by Crippen LogP contribution is 2.27. The molecule has 1 unspecified atom stereocenters. The molecule has 7 heteroatoms. The van der Waals surface area contributed by atoms with Crippen LogP contribution in [0.4, 0.5) is 17.6 Å². The van der Waals surface area contributed by atoms with Crippen molar-refractivity contribution in [1.82, 2.24) is 4.90 Å². The number of amides is 1. The molecule has 3 nitrogen and oxygen atoms in total. The van der Waals surface area contributed by atoms with E-state index in [1.54, 1.807) is 0 Å². The van der Waals surface area contributed by atoms with Gasteiger partial charge in [-0.2, -0.15) is 8.78 Å². The van der Waals surface area contributed by atoms with Crippen molar-refractivity contribution in [3.63, 3.8) is 0 Å². The summed E-state index contributed by atoms with van der Waals surface area (Å²) in [4.78, 5) is 11.8. The van der Waals surface area contributed by atoms with Gasteiger partial charge in [0.25, 0.3) is 0 Å². The third-order valence-electron chi connectivity index (χ3n) is 2.27. The zero-order chi connectivity index (χ0) is 11.6. The number of aliphatic hydroxyl groups is 1. The van der Waals surface area contributed by atoms with Crippen molar-refractivity contribution in [3.8, 4) is 0 Å². The number of nitrogens with zero attached hydrogens (tertiary/aromatic N) is 1. The van der Waals surface area contributed by atoms with Crippen LogP contribution in [0.1, 0.15) is 6.42 Å². The third-order valence-corrected chi connectivity index (χ3v) is 2.27. The van der Waals surface area contributed by atoms with Gasteiger partial charge in [0.1, 0.15) is 0 Å². The zero-order valence-electron chi connectivity index (χ0n) is 7.80. The second-order valence-electron chi connectivity index (χ2n) is 3.59. The number of hydrogen-bond donors (Lipinski definition) is 1. The number of aliphatic hydroxyl groups excluding tert-OH is 1. The minimum atomic E-state index is -4.18. The van der Waals surface area contributed by atoms with Crippen LogP contribution in [0.3, 0.4) is 0 Å². The first-order chi connectivity index (χ1) is 6.86. The monoisotopic (exact) mass is 229 g/mol. The number of alkyl halides is 4. The first-order valence-electron chi connectivity index (χ1n) is 4.41. The molecule has 0 aromatic heterocycles. The summed E-state index contributed by atoms with van der Waals surface area (Å²) in [5.74, 6) is -5.22. The van der Waals surface area contributed by atoms with Crippen molar-refractivity contribution in [3.05, 3.63) is 0 Å². The van der Waals surface area contributed by atoms with Gasteiger partial charge in [0.2, 0.25) is 5.91 Å². The summed E-state index contributed by atoms with van der Waals surface area (Å²) in [6, 6.07) is 0. The molecule has 1 aliphatic rings. The smallest absolute Gasteiger partial charge is 0.324 e. The topological polar surface area (TPSA) is 40.5 Å². The van der Waals surface area contributed by atoms with E-state index < -0.39 is 30.7 Å². The van der Waals surface area contributed by atoms with Crippen LogP contribution >= 0.6 is 0 Å². The molecule has 0 aliphatic carbocycles. The molecule has 1 amide bonds. The number of halogens is 4. The Morgan fingerprint density at radius 1 is 1.53 bits per heavy atom. The van der Waals surface area contributed by atoms with Gasteiger partial charge in [-0.3, -0.25) is 4.79 Å². The van der Waals surface area contributed by atoms with Gasteiger partial charge in [-0.05, 0) is 0 Å². The Kier molecular flexibility index (Phi) is 3.54. The standard InChI is InChI=1S/C8H11F4NO2/c9-7(10)8(11,12)4-13-2-5(3-14)1-6(13)15/h5,7,14H,1-4H2. The quantitative estimate of drug-likeness (QED) is 0.722. The molecular formula is C8H11F4NO2. The lowest BCUT2D eigenvalue weighted by Gasteiger charge is -2.22. The fourth-order valence-electron chi connectivity index (χ4n) is 1.45. The van der Waals surface area contributed by atoms with Gasteiger partial charge in [0.05, 0.1) is 6.54 Å². The van der Waals surface area contributed by atoms with Crippen LogP contribution in [0.2, 0.25) is 0 Å². The molecular weight excluding hydrogens is 218 g/mol. The van der Waals surface area contributed by atoms with Gasteiger partial charge >= 0.3 is 12.3 Å². The lowest BCUT2D eigenvalue weighted by atomic mass is 10.1. The minimum absolute atomic E-state index is 0.0597. The average molecular weight is 229 g/mol. The van der Waals surface area contributed by atoms with Gasteiger partial charge in [-0.1, -0.05) is 0 Å². The summed E-state index contributed by atoms with van der Waals surface area (Å²) in [7, 11) is 0. The molecule has 1 atom stereocenters. The lowest BCUT2D eigenvalue weighted by molar-refractivity contribution is -0.153. The maximum absolute atomic E-state index is 12.6. The highest BCUT2D eigenvalue weighted by Gasteiger charge is 2.45. The van der Waals surface area contributed by atoms with E-state index in [2.05, 4.69) is 0 Å². The molecule has 88 valence electrons. The molecule has 0 saturated carbocycles. The number of carbonyl (C=O) groups excluding carboxylic acids is 1. The Labute approximate surface area is 83.7 Å². The number of carbonyl (C=O) groups is 1. The van der Waals surface area contributed by atoms with Crippen LogP contribution in [0.5, 0.6) is 0 Å². The molecule has 0 aromatic rings. The number of hydrogen-bond acceptors (Lipinski definition) is 2. The summed E-state index contributed by atoms with van der Waals surface area (Å²) in [6.45, 7) is -1.67. The number of likely N-dealkylation sites (tertiary alicyclic amines) is 1. The zero-order valence-corrected chi connectivity index (χ0v) is 7.80. The van der Waals surface area contributed by atoms with E-state index in [1.165, 1.54) is 0 Å². The molecule has 0 radical (unpaired) electrons. The largest absolute Gasteiger partial charge is 0.396 e. The summed E-state index contributed by atoms with van der Waals surface area (Å²) < 4.78 is 48.9. The molecule has 1 aliphatic heterocycles. The Hall–Kier alpha value is -0.850. The maximum atomic E-state index is 12.6. The van der Waals surface area contributed by atoms with E-state index in [4.69, 9.17) is 5.11 Å². The molecule has 0 spiro atoms. The Bertz CT molecular complexity index is 247. The van der Waals surface area contributed by atoms with E-state index in [0.717, 1.165) is 0 Å². The van der Waals surface area contributed by atoms with E-state index in [1.807, 2.05) is 0 Å². The highest BCUT2D eigenvalue weighted by atomic mass is 19.3. The normalized spacial score (nSPS) is 22.9. The molecule has 1 heterocycles. The van der Waals surface area contributed by atoms with Crippen molar-refractivity contribution in [2.45, 2.75) is 18.8 Å². The van der Waals surface area contributed by atoms with E-state index in [9.17, 15) is 22.4 Å². The van der Waals surface area contributed by atoms with Crippen LogP contribution in [-0.4, -0.2) is 48.0 Å². The maximum Gasteiger partial charge on any atom is 0.324 e. The van der Waals surface area contributed by atoms with Crippen molar-refractivity contribution in [2.24, 2.45) is 5.92 Å². The van der Waals surface area contributed by atoms with Crippen LogP contribution in [0.25, 0.3) is 0 Å². The predicted octanol–water partition coefficient (Wildman–Crippen LogP) is 0.728. The van der Waals surface area contributed by atoms with Crippen LogP contribution in [0, 0.1) is 5.92 Å². The van der Waals surface area contributed by atoms with Crippen molar-refractivity contribution >= 4 is 5.91 Å². The predicted molar refractivity (Wildman–Crippen MR) is 42.7 cm³/mol. The van der Waals surface area contributed by atoms with Crippen molar-refractivity contribution in [1.29, 1.82) is 0 Å². The van der Waals surface area contributed by atoms with Crippen LogP contribution in [0.15, 0.2) is 0 Å². The van der Waals surface area contributed by atoms with Crippen LogP contribution in [-0.2, 0) is 4.79 Å². The molecule has 1 N–H and O–H groups in total. The van der Waals surface area contributed by atoms with Gasteiger partial charge in [0.15, 0.2) is 0 Å². The SMILES string of the molecule is O=C1CC(CO)CN1CC(F)(F)C(F)F. The summed E-state index contributed by atoms with van der Waals surface area (Å²) >= 11 is 0. The second kappa shape index (κ2) is 4.34. The molecule has 0 aromatic carbocycles. The Balaban J connectivity index is 2.56. The van der Waals surface area contributed by atoms with Gasteiger partial charge in [-0.25, -0.2) is 8.78 Å². The van der Waals surface area contributed by atoms with Crippen molar-refractivity contribution in [2.75, 3.05) is 19.7 Å². The lowest BCUT2D eigenvalue weighted by Crippen LogP contribution is -2.42. The van der Waals surface area contributed by atoms with E-state index >= 15 is 0 Å². The summed E-state index contributed by atoms with van der Waals surface area (Å²) in [5.41, 5.74) is 0. The molecule has 1 saturated heterocycles. The van der Waals surface area contributed by atoms with E-state index in [0.29, 0.717) is 4.90 Å². The fourth-order valence-corrected chi connectivity index (χ4v) is 1.45. The van der Waals surface area contributed by atoms with Crippen molar-refractivity contribution < 1.29 is 27.5 Å². The van der Waals surface area contributed by atoms with Gasteiger partial charge in [-0.15, -0.1) is 0 Å². The number of rotatable bonds is 4. The third kappa shape index (κ3) is 2.80. The van der Waals surface area contributed by atoms with Gasteiger partial charge < -0.3 is 10.0 Å². The summed E-state index contributed by atoms with van der Waals surface area (Å²) in [6.07, 6.45) is -3.84. The van der Waals surface area contributed by atoms with Gasteiger partial charge in [0, 0.05) is 25.5 Å². The fraction of sp³-hybridized carbons (Fsp3) is 0.875. The molecule has 1 fully saturated rings. The van der Waals surface area contributed by atoms with E-state index in [-0.39, 0.29) is 19.6 Å². The Morgan fingerprint density at radius 2 is 2.13 bits per heavy atom. The second-order valence-corrected chi connectivity index (χ2v) is 3.59. The Morgan fingerprint density at radius 3 is 2.53 bits per heavy atom. The molecule has 0 bridgehead atoms. The first-order valence-corrected chi connectivity index (χ1v) is 4.41. The average Bonchev–Trinajstić information content (AvgIpc) is 2.46. The summed E-state index contributed by atoms with van der Waals surface area (Å²) in [5, 5.41) is 8.69. The highest BCUT2D eigenvalue weighted by molar-refractivity contribution is 5.78. The molecule has 15 heavy (non-hydrogen) atoms. The minimum Gasteiger partial charge on any atom is -0.396 e. The molecule has 1 rings (SSSR count). The first kappa shape index (κ1) is 12.2. The van der Waals surface area contributed by atoms with Crippen LogP contribution < -0.4 is 0 Å².